The van der Waals surface area contributed by atoms with Crippen LogP contribution in [0.4, 0.5) is 16.2 Å². The van der Waals surface area contributed by atoms with Crippen LogP contribution in [0.3, 0.4) is 0 Å². The predicted molar refractivity (Wildman–Crippen MR) is 183 cm³/mol. The van der Waals surface area contributed by atoms with Crippen LogP contribution >= 0.6 is 31.7 Å². The molecule has 1 fully saturated rings. The van der Waals surface area contributed by atoms with Gasteiger partial charge in [-0.2, -0.15) is 0 Å². The van der Waals surface area contributed by atoms with Crippen molar-refractivity contribution in [2.45, 2.75) is 51.2 Å². The topological polar surface area (TPSA) is 100 Å². The number of nitrogens with one attached hydrogen (secondary N) is 2. The number of nitrogens with zero attached hydrogens (tertiary/aromatic N) is 1. The van der Waals surface area contributed by atoms with Gasteiger partial charge in [0.05, 0.1) is 24.4 Å². The van der Waals surface area contributed by atoms with Crippen LogP contribution in [-0.4, -0.2) is 56.4 Å². The Morgan fingerprint density at radius 2 is 1.84 bits per heavy atom. The number of hydrogen-bond acceptors (Lipinski definition) is 6. The first-order valence-electron chi connectivity index (χ1n) is 14.5. The Hall–Kier alpha value is -2.86. The molecule has 0 radical (unpaired) electrons. The van der Waals surface area contributed by atoms with E-state index in [0.717, 1.165) is 55.5 Å². The molecule has 1 saturated heterocycles. The zero-order valence-electron chi connectivity index (χ0n) is 25.0. The molecule has 8 nitrogen and oxygen atoms in total. The molecule has 4 rings (SSSR count). The molecule has 2 amide bonds. The van der Waals surface area contributed by atoms with Crippen molar-refractivity contribution in [1.82, 2.24) is 3.11 Å². The van der Waals surface area contributed by atoms with E-state index in [2.05, 4.69) is 29.7 Å². The van der Waals surface area contributed by atoms with Gasteiger partial charge in [0.25, 0.3) is 0 Å². The van der Waals surface area contributed by atoms with Gasteiger partial charge in [-0.25, -0.2) is 0 Å². The molecule has 1 aliphatic heterocycles. The monoisotopic (exact) mass is 721 g/mol. The number of alkyl halides is 2. The van der Waals surface area contributed by atoms with Crippen molar-refractivity contribution in [3.63, 3.8) is 0 Å². The fraction of sp³-hybridized carbons (Fsp3) is 0.394. The second-order valence-electron chi connectivity index (χ2n) is 10.7. The Morgan fingerprint density at radius 3 is 2.56 bits per heavy atom. The summed E-state index contributed by atoms with van der Waals surface area (Å²) in [4.78, 5) is 30.3. The molecule has 232 valence electrons. The van der Waals surface area contributed by atoms with Crippen LogP contribution in [0.25, 0.3) is 11.1 Å². The third-order valence-corrected chi connectivity index (χ3v) is 11.3. The average molecular weight is 722 g/mol. The SMILES string of the molecule is COc1cc(NC(=O)CCCCc2ccc(-c3ccccc3)c(NC(=O)OC3CCCN(I(C)C)C3)c2)c(Cl)cc1CO. The number of ether oxygens (including phenoxy) is 2. The zero-order valence-corrected chi connectivity index (χ0v) is 27.9. The first-order valence-corrected chi connectivity index (χ1v) is 20.1. The summed E-state index contributed by atoms with van der Waals surface area (Å²) in [6.07, 6.45) is 3.98. The normalized spacial score (nSPS) is 15.5. The number of aliphatic hydroxyl groups is 1. The smallest absolute Gasteiger partial charge is 0.0718 e. The van der Waals surface area contributed by atoms with Crippen LogP contribution < -0.4 is 15.4 Å². The number of rotatable bonds is 12. The van der Waals surface area contributed by atoms with Crippen molar-refractivity contribution >= 4 is 55.1 Å². The fourth-order valence-corrected chi connectivity index (χ4v) is 7.91. The van der Waals surface area contributed by atoms with Crippen molar-refractivity contribution in [3.05, 3.63) is 76.8 Å². The molecule has 0 aliphatic carbocycles. The van der Waals surface area contributed by atoms with Crippen LogP contribution in [0, 0.1) is 0 Å². The van der Waals surface area contributed by atoms with Gasteiger partial charge in [0.2, 0.25) is 5.91 Å². The number of amides is 2. The number of aryl methyl sites for hydroxylation is 1. The van der Waals surface area contributed by atoms with Gasteiger partial charge in [0, 0.05) is 18.1 Å². The minimum Gasteiger partial charge on any atom is -0.392 e. The molecular formula is C33H41ClIN3O5. The van der Waals surface area contributed by atoms with Gasteiger partial charge < -0.3 is 15.2 Å². The van der Waals surface area contributed by atoms with E-state index in [1.165, 1.54) is 7.11 Å². The van der Waals surface area contributed by atoms with Crippen LogP contribution in [0.15, 0.2) is 60.7 Å². The fourth-order valence-electron chi connectivity index (χ4n) is 5.14. The molecule has 1 unspecified atom stereocenters. The Morgan fingerprint density at radius 1 is 1.05 bits per heavy atom. The molecule has 3 aromatic rings. The Kier molecular flexibility index (Phi) is 12.5. The summed E-state index contributed by atoms with van der Waals surface area (Å²) in [6.45, 7) is 1.71. The third-order valence-electron chi connectivity index (χ3n) is 7.42. The van der Waals surface area contributed by atoms with Crippen molar-refractivity contribution in [2.24, 2.45) is 0 Å². The molecule has 0 spiro atoms. The van der Waals surface area contributed by atoms with Crippen molar-refractivity contribution in [3.8, 4) is 16.9 Å². The van der Waals surface area contributed by atoms with Crippen LogP contribution in [0.1, 0.15) is 43.2 Å². The second-order valence-corrected chi connectivity index (χ2v) is 16.5. The van der Waals surface area contributed by atoms with E-state index < -0.39 is 26.2 Å². The van der Waals surface area contributed by atoms with Gasteiger partial charge in [0.15, 0.2) is 0 Å². The third kappa shape index (κ3) is 9.56. The summed E-state index contributed by atoms with van der Waals surface area (Å²) in [5, 5.41) is 15.7. The summed E-state index contributed by atoms with van der Waals surface area (Å²) in [7, 11) is 1.50. The first kappa shape index (κ1) is 33.0. The largest absolute Gasteiger partial charge is 0.392 e. The zero-order chi connectivity index (χ0) is 30.8. The number of anilines is 2. The van der Waals surface area contributed by atoms with E-state index in [9.17, 15) is 14.7 Å². The Labute approximate surface area is 266 Å². The molecule has 0 bridgehead atoms. The number of methoxy groups -OCH3 is 1. The summed E-state index contributed by atoms with van der Waals surface area (Å²) < 4.78 is 13.7. The second kappa shape index (κ2) is 16.3. The van der Waals surface area contributed by atoms with Gasteiger partial charge in [-0.1, -0.05) is 11.6 Å². The maximum Gasteiger partial charge on any atom is 0.0718 e. The summed E-state index contributed by atoms with van der Waals surface area (Å²) in [6, 6.07) is 19.3. The molecule has 1 aliphatic rings. The summed E-state index contributed by atoms with van der Waals surface area (Å²) in [5.74, 6) is 0.319. The van der Waals surface area contributed by atoms with E-state index in [1.54, 1.807) is 12.1 Å². The van der Waals surface area contributed by atoms with E-state index >= 15 is 0 Å². The number of carbonyl (C=O) groups excluding carboxylic acids is 2. The molecule has 10 heteroatoms. The molecule has 1 atom stereocenters. The molecule has 1 heterocycles. The van der Waals surface area contributed by atoms with Gasteiger partial charge in [-0.15, -0.1) is 0 Å². The predicted octanol–water partition coefficient (Wildman–Crippen LogP) is 7.55. The maximum atomic E-state index is 13.0. The van der Waals surface area contributed by atoms with Gasteiger partial charge in [0.1, 0.15) is 5.75 Å². The van der Waals surface area contributed by atoms with E-state index in [1.807, 2.05) is 42.5 Å². The molecule has 0 saturated carbocycles. The number of benzene rings is 3. The van der Waals surface area contributed by atoms with Crippen LogP contribution in [-0.2, 0) is 22.6 Å². The molecular weight excluding hydrogens is 681 g/mol. The van der Waals surface area contributed by atoms with Crippen molar-refractivity contribution < 1.29 is 24.2 Å². The van der Waals surface area contributed by atoms with E-state index in [-0.39, 0.29) is 18.6 Å². The summed E-state index contributed by atoms with van der Waals surface area (Å²) >= 11 is 5.18. The molecule has 3 aromatic carbocycles. The number of unbranched alkanes of at least 4 members (excludes halogenated alkanes) is 1. The molecule has 0 aromatic heterocycles. The summed E-state index contributed by atoms with van der Waals surface area (Å²) in [5.41, 5.74) is 4.73. The van der Waals surface area contributed by atoms with Crippen LogP contribution in [0.2, 0.25) is 5.02 Å². The quantitative estimate of drug-likeness (QED) is 0.0774. The van der Waals surface area contributed by atoms with E-state index in [0.29, 0.717) is 40.6 Å². The molecule has 3 N–H and O–H groups in total. The Bertz CT molecular complexity index is 1390. The maximum absolute atomic E-state index is 13.0. The van der Waals surface area contributed by atoms with Gasteiger partial charge in [-0.3, -0.25) is 4.79 Å². The van der Waals surface area contributed by atoms with E-state index in [4.69, 9.17) is 21.1 Å². The van der Waals surface area contributed by atoms with Crippen molar-refractivity contribution in [1.29, 1.82) is 0 Å². The number of aliphatic hydroxyl groups excluding tert-OH is 1. The average Bonchev–Trinajstić information content (AvgIpc) is 3.00. The minimum absolute atomic E-state index is 0.0912. The Balaban J connectivity index is 1.36. The van der Waals surface area contributed by atoms with Gasteiger partial charge >= 0.3 is 176 Å². The number of piperidine rings is 1. The van der Waals surface area contributed by atoms with Gasteiger partial charge in [-0.05, 0) is 6.07 Å². The number of hydrogen-bond donors (Lipinski definition) is 3. The van der Waals surface area contributed by atoms with Crippen LogP contribution in [0.5, 0.6) is 5.75 Å². The molecule has 43 heavy (non-hydrogen) atoms. The number of halogens is 2. The number of carbonyl (C=O) groups is 2. The van der Waals surface area contributed by atoms with Crippen molar-refractivity contribution in [2.75, 3.05) is 40.7 Å². The standard InChI is InChI=1S/C33H41ClIN3O5/c1-35(2)38-17-9-13-26(21-38)43-33(41)37-29-18-23(15-16-27(29)24-11-5-4-6-12-24)10-7-8-14-32(40)36-30-20-31(42-3)25(22-39)19-28(30)34/h4-6,11-12,15-16,18-20,26,39H,7-10,13-14,17,21-22H2,1-3H3,(H,36,40)(H,37,41). The minimum atomic E-state index is -1.10. The first-order chi connectivity index (χ1) is 20.8.